The summed E-state index contributed by atoms with van der Waals surface area (Å²) in [7, 11) is 0. The van der Waals surface area contributed by atoms with E-state index in [-0.39, 0.29) is 0 Å². The van der Waals surface area contributed by atoms with Crippen LogP contribution in [0.1, 0.15) is 31.7 Å². The average Bonchev–Trinajstić information content (AvgIpc) is 3.33. The Hall–Kier alpha value is -2.52. The van der Waals surface area contributed by atoms with Crippen LogP contribution in [0.5, 0.6) is 0 Å². The summed E-state index contributed by atoms with van der Waals surface area (Å²) in [6.07, 6.45) is 0.503. The third kappa shape index (κ3) is 2.68. The molecular formula is C20H22N4O4. The van der Waals surface area contributed by atoms with Gasteiger partial charge in [-0.05, 0) is 25.5 Å². The predicted molar refractivity (Wildman–Crippen MR) is 101 cm³/mol. The van der Waals surface area contributed by atoms with Gasteiger partial charge in [-0.15, -0.1) is 0 Å². The highest BCUT2D eigenvalue weighted by Crippen LogP contribution is 2.47. The Labute approximate surface area is 161 Å². The van der Waals surface area contributed by atoms with Gasteiger partial charge in [0.2, 0.25) is 0 Å². The summed E-state index contributed by atoms with van der Waals surface area (Å²) in [6.45, 7) is 3.73. The summed E-state index contributed by atoms with van der Waals surface area (Å²) < 4.78 is 20.4. The first-order chi connectivity index (χ1) is 13.4. The van der Waals surface area contributed by atoms with Crippen molar-refractivity contribution in [1.82, 2.24) is 14.5 Å². The molecule has 28 heavy (non-hydrogen) atoms. The molecule has 0 unspecified atom stereocenters. The molecule has 4 heterocycles. The number of benzene rings is 1. The van der Waals surface area contributed by atoms with E-state index >= 15 is 0 Å². The number of hydrogen-bond acceptors (Lipinski definition) is 7. The van der Waals surface area contributed by atoms with Crippen molar-refractivity contribution in [2.45, 2.75) is 50.3 Å². The van der Waals surface area contributed by atoms with Gasteiger partial charge in [0.25, 0.3) is 0 Å². The van der Waals surface area contributed by atoms with Crippen LogP contribution in [0, 0.1) is 0 Å². The Morgan fingerprint density at radius 2 is 1.86 bits per heavy atom. The van der Waals surface area contributed by atoms with Gasteiger partial charge in [0.1, 0.15) is 42.2 Å². The monoisotopic (exact) mass is 382 g/mol. The second-order valence-electron chi connectivity index (χ2n) is 7.63. The van der Waals surface area contributed by atoms with Crippen molar-refractivity contribution in [2.24, 2.45) is 0 Å². The van der Waals surface area contributed by atoms with Crippen molar-refractivity contribution >= 4 is 16.9 Å². The number of hydrogen-bond donors (Lipinski definition) is 2. The summed E-state index contributed by atoms with van der Waals surface area (Å²) in [5, 5.41) is 11.7. The second kappa shape index (κ2) is 6.25. The number of anilines is 1. The molecule has 5 atom stereocenters. The van der Waals surface area contributed by atoms with Crippen LogP contribution < -0.4 is 5.73 Å². The van der Waals surface area contributed by atoms with Gasteiger partial charge in [0, 0.05) is 6.20 Å². The minimum Gasteiger partial charge on any atom is -0.386 e. The lowest BCUT2D eigenvalue weighted by Gasteiger charge is -2.27. The lowest BCUT2D eigenvalue weighted by molar-refractivity contribution is -0.207. The lowest BCUT2D eigenvalue weighted by atomic mass is 9.99. The first kappa shape index (κ1) is 17.6. The van der Waals surface area contributed by atoms with Crippen molar-refractivity contribution in [3.8, 4) is 0 Å². The van der Waals surface area contributed by atoms with Crippen LogP contribution >= 0.6 is 0 Å². The van der Waals surface area contributed by atoms with E-state index in [1.165, 1.54) is 6.33 Å². The molecule has 0 saturated carbocycles. The molecule has 0 aliphatic carbocycles. The summed E-state index contributed by atoms with van der Waals surface area (Å²) in [5.41, 5.74) is 7.39. The number of nitrogen functional groups attached to an aromatic ring is 1. The number of aliphatic hydroxyl groups is 1. The van der Waals surface area contributed by atoms with Crippen molar-refractivity contribution in [3.05, 3.63) is 54.5 Å². The highest BCUT2D eigenvalue weighted by molar-refractivity contribution is 5.86. The van der Waals surface area contributed by atoms with E-state index in [0.29, 0.717) is 11.5 Å². The summed E-state index contributed by atoms with van der Waals surface area (Å²) in [5.74, 6) is -0.369. The molecule has 0 radical (unpaired) electrons. The molecule has 2 saturated heterocycles. The zero-order valence-electron chi connectivity index (χ0n) is 15.6. The summed E-state index contributed by atoms with van der Waals surface area (Å²) >= 11 is 0. The summed E-state index contributed by atoms with van der Waals surface area (Å²) in [4.78, 5) is 8.39. The quantitative estimate of drug-likeness (QED) is 0.715. The fourth-order valence-electron chi connectivity index (χ4n) is 4.12. The van der Waals surface area contributed by atoms with E-state index < -0.39 is 36.4 Å². The van der Waals surface area contributed by atoms with Crippen LogP contribution in [0.25, 0.3) is 11.0 Å². The highest BCUT2D eigenvalue weighted by atomic mass is 16.8. The number of ether oxygens (including phenoxy) is 3. The van der Waals surface area contributed by atoms with Gasteiger partial charge in [-0.1, -0.05) is 30.3 Å². The fourth-order valence-corrected chi connectivity index (χ4v) is 4.12. The minimum absolute atomic E-state index is 0.398. The topological polar surface area (TPSA) is 105 Å². The molecule has 2 fully saturated rings. The second-order valence-corrected chi connectivity index (χ2v) is 7.63. The Morgan fingerprint density at radius 3 is 2.64 bits per heavy atom. The van der Waals surface area contributed by atoms with Crippen molar-refractivity contribution in [3.63, 3.8) is 0 Å². The largest absolute Gasteiger partial charge is 0.386 e. The van der Waals surface area contributed by atoms with E-state index in [2.05, 4.69) is 9.97 Å². The number of aliphatic hydroxyl groups excluding tert-OH is 1. The van der Waals surface area contributed by atoms with Gasteiger partial charge in [-0.25, -0.2) is 9.97 Å². The third-order valence-corrected chi connectivity index (χ3v) is 5.33. The van der Waals surface area contributed by atoms with E-state index in [1.807, 2.05) is 61.0 Å². The van der Waals surface area contributed by atoms with Gasteiger partial charge in [-0.2, -0.15) is 0 Å². The molecule has 2 aromatic heterocycles. The molecule has 2 aliphatic rings. The zero-order chi connectivity index (χ0) is 19.5. The molecule has 146 valence electrons. The molecule has 2 aliphatic heterocycles. The molecule has 8 heteroatoms. The SMILES string of the molecule is CC1(C)O[C@H]2[C@@H](O1)[C@H](n1ccc3c(N)ncnc31)O[C@@H]2[C@H](O)c1ccccc1. The van der Waals surface area contributed by atoms with E-state index in [9.17, 15) is 5.11 Å². The molecule has 3 N–H and O–H groups in total. The maximum atomic E-state index is 11.0. The molecule has 3 aromatic rings. The number of aromatic nitrogens is 3. The van der Waals surface area contributed by atoms with E-state index in [0.717, 1.165) is 10.9 Å². The maximum absolute atomic E-state index is 11.0. The Bertz CT molecular complexity index is 1010. The van der Waals surface area contributed by atoms with Gasteiger partial charge >= 0.3 is 0 Å². The smallest absolute Gasteiger partial charge is 0.164 e. The van der Waals surface area contributed by atoms with Crippen LogP contribution in [-0.4, -0.2) is 43.7 Å². The van der Waals surface area contributed by atoms with E-state index in [4.69, 9.17) is 19.9 Å². The first-order valence-corrected chi connectivity index (χ1v) is 9.26. The van der Waals surface area contributed by atoms with Crippen LogP contribution in [-0.2, 0) is 14.2 Å². The lowest BCUT2D eigenvalue weighted by Crippen LogP contribution is -2.34. The number of nitrogens with two attached hydrogens (primary N) is 1. The number of rotatable bonds is 3. The molecule has 8 nitrogen and oxygen atoms in total. The van der Waals surface area contributed by atoms with Gasteiger partial charge in [0.05, 0.1) is 5.39 Å². The Balaban J connectivity index is 1.55. The van der Waals surface area contributed by atoms with Crippen molar-refractivity contribution < 1.29 is 19.3 Å². The highest BCUT2D eigenvalue weighted by Gasteiger charge is 2.58. The minimum atomic E-state index is -0.849. The molecule has 0 bridgehead atoms. The van der Waals surface area contributed by atoms with Gasteiger partial charge in [-0.3, -0.25) is 0 Å². The molecular weight excluding hydrogens is 360 g/mol. The molecule has 5 rings (SSSR count). The Kier molecular flexibility index (Phi) is 3.92. The number of nitrogens with zero attached hydrogens (tertiary/aromatic N) is 3. The molecule has 0 amide bonds. The normalized spacial score (nSPS) is 29.8. The predicted octanol–water partition coefficient (Wildman–Crippen LogP) is 2.16. The molecule has 1 aromatic carbocycles. The molecule has 0 spiro atoms. The van der Waals surface area contributed by atoms with Gasteiger partial charge in [0.15, 0.2) is 12.0 Å². The standard InChI is InChI=1S/C20H22N4O4/c1-20(2)27-15-14(13(25)11-6-4-3-5-7-11)26-19(16(15)28-20)24-9-8-12-17(21)22-10-23-18(12)24/h3-10,13-16,19,25H,1-2H3,(H2,21,22,23)/t13-,14-,15-,16-,19-/m1/s1. The summed E-state index contributed by atoms with van der Waals surface area (Å²) in [6, 6.07) is 11.3. The Morgan fingerprint density at radius 1 is 1.11 bits per heavy atom. The average molecular weight is 382 g/mol. The van der Waals surface area contributed by atoms with Crippen LogP contribution in [0.2, 0.25) is 0 Å². The van der Waals surface area contributed by atoms with Crippen molar-refractivity contribution in [2.75, 3.05) is 5.73 Å². The third-order valence-electron chi connectivity index (χ3n) is 5.33. The van der Waals surface area contributed by atoms with Gasteiger partial charge < -0.3 is 29.6 Å². The maximum Gasteiger partial charge on any atom is 0.164 e. The first-order valence-electron chi connectivity index (χ1n) is 9.26. The van der Waals surface area contributed by atoms with Crippen LogP contribution in [0.15, 0.2) is 48.9 Å². The van der Waals surface area contributed by atoms with Crippen LogP contribution in [0.4, 0.5) is 5.82 Å². The van der Waals surface area contributed by atoms with E-state index in [1.54, 1.807) is 0 Å². The van der Waals surface area contributed by atoms with Crippen LogP contribution in [0.3, 0.4) is 0 Å². The fraction of sp³-hybridized carbons (Fsp3) is 0.400. The number of fused-ring (bicyclic) bond motifs is 2. The van der Waals surface area contributed by atoms with Crippen molar-refractivity contribution in [1.29, 1.82) is 0 Å². The zero-order valence-corrected chi connectivity index (χ0v) is 15.6.